The lowest BCUT2D eigenvalue weighted by atomic mass is 10.0. The molecule has 4 nitrogen and oxygen atoms in total. The second-order valence-corrected chi connectivity index (χ2v) is 6.88. The molecule has 1 N–H and O–H groups in total. The molecule has 1 aromatic carbocycles. The Hall–Kier alpha value is -1.39. The molecule has 1 amide bonds. The van der Waals surface area contributed by atoms with Gasteiger partial charge in [-0.05, 0) is 50.2 Å². The highest BCUT2D eigenvalue weighted by Gasteiger charge is 2.31. The van der Waals surface area contributed by atoms with Gasteiger partial charge < -0.3 is 10.0 Å². The van der Waals surface area contributed by atoms with Crippen LogP contribution in [0.1, 0.15) is 49.8 Å². The average Bonchev–Trinajstić information content (AvgIpc) is 2.99. The van der Waals surface area contributed by atoms with Gasteiger partial charge in [0.1, 0.15) is 0 Å². The van der Waals surface area contributed by atoms with Crippen LogP contribution in [0, 0.1) is 0 Å². The lowest BCUT2D eigenvalue weighted by Gasteiger charge is -2.36. The molecule has 1 aliphatic carbocycles. The summed E-state index contributed by atoms with van der Waals surface area (Å²) in [6.45, 7) is 4.12. The van der Waals surface area contributed by atoms with Crippen molar-refractivity contribution in [2.24, 2.45) is 0 Å². The smallest absolute Gasteiger partial charge is 0.237 e. The highest BCUT2D eigenvalue weighted by atomic mass is 16.3. The fraction of sp³-hybridized carbons (Fsp3) is 0.632. The molecule has 0 aromatic heterocycles. The second-order valence-electron chi connectivity index (χ2n) is 6.88. The van der Waals surface area contributed by atoms with E-state index in [0.29, 0.717) is 19.1 Å². The van der Waals surface area contributed by atoms with Crippen LogP contribution in [0.5, 0.6) is 0 Å². The van der Waals surface area contributed by atoms with Gasteiger partial charge in [0, 0.05) is 25.2 Å². The first-order chi connectivity index (χ1) is 11.2. The van der Waals surface area contributed by atoms with Crippen molar-refractivity contribution in [3.05, 3.63) is 35.4 Å². The molecule has 1 saturated heterocycles. The number of likely N-dealkylation sites (tertiary alicyclic amines) is 1. The van der Waals surface area contributed by atoms with E-state index in [1.54, 1.807) is 0 Å². The topological polar surface area (TPSA) is 43.8 Å². The van der Waals surface area contributed by atoms with E-state index in [-0.39, 0.29) is 18.6 Å². The molecule has 2 aliphatic rings. The number of aliphatic hydroxyl groups is 1. The number of piperidine rings is 1. The molecule has 2 atom stereocenters. The van der Waals surface area contributed by atoms with Crippen LogP contribution in [0.25, 0.3) is 0 Å². The highest BCUT2D eigenvalue weighted by Crippen LogP contribution is 2.35. The van der Waals surface area contributed by atoms with E-state index in [1.807, 2.05) is 4.90 Å². The molecule has 1 aliphatic heterocycles. The number of aliphatic hydroxyl groups excluding tert-OH is 1. The standard InChI is InChI=1S/C19H28N2O2/c1-15-6-4-5-11-21(15)19(23)14-20(12-13-22)18-10-9-16-7-2-3-8-17(16)18/h2-3,7-8,15,18,22H,4-6,9-14H2,1H3. The lowest BCUT2D eigenvalue weighted by molar-refractivity contribution is -0.136. The maximum atomic E-state index is 12.8. The normalized spacial score (nSPS) is 24.0. The number of nitrogens with zero attached hydrogens (tertiary/aromatic N) is 2. The van der Waals surface area contributed by atoms with E-state index in [4.69, 9.17) is 0 Å². The van der Waals surface area contributed by atoms with Crippen molar-refractivity contribution >= 4 is 5.91 Å². The largest absolute Gasteiger partial charge is 0.395 e. The molecule has 0 radical (unpaired) electrons. The van der Waals surface area contributed by atoms with E-state index < -0.39 is 0 Å². The van der Waals surface area contributed by atoms with Gasteiger partial charge in [0.2, 0.25) is 5.91 Å². The third-order valence-electron chi connectivity index (χ3n) is 5.39. The third kappa shape index (κ3) is 3.59. The van der Waals surface area contributed by atoms with Gasteiger partial charge in [-0.15, -0.1) is 0 Å². The van der Waals surface area contributed by atoms with Gasteiger partial charge in [0.15, 0.2) is 0 Å². The summed E-state index contributed by atoms with van der Waals surface area (Å²) in [7, 11) is 0. The van der Waals surface area contributed by atoms with Gasteiger partial charge in [-0.1, -0.05) is 24.3 Å². The average molecular weight is 316 g/mol. The molecule has 3 rings (SSSR count). The predicted octanol–water partition coefficient (Wildman–Crippen LogP) is 2.37. The zero-order valence-corrected chi connectivity index (χ0v) is 14.1. The van der Waals surface area contributed by atoms with Gasteiger partial charge in [-0.2, -0.15) is 0 Å². The molecule has 1 heterocycles. The summed E-state index contributed by atoms with van der Waals surface area (Å²) in [6, 6.07) is 9.12. The quantitative estimate of drug-likeness (QED) is 0.907. The number of fused-ring (bicyclic) bond motifs is 1. The number of aryl methyl sites for hydroxylation is 1. The number of rotatable bonds is 5. The summed E-state index contributed by atoms with van der Waals surface area (Å²) in [6.07, 6.45) is 5.56. The van der Waals surface area contributed by atoms with Gasteiger partial charge in [-0.25, -0.2) is 0 Å². The van der Waals surface area contributed by atoms with Crippen LogP contribution in [0.3, 0.4) is 0 Å². The minimum Gasteiger partial charge on any atom is -0.395 e. The van der Waals surface area contributed by atoms with Crippen molar-refractivity contribution in [3.63, 3.8) is 0 Å². The minimum atomic E-state index is 0.0987. The molecule has 4 heteroatoms. The molecule has 2 unspecified atom stereocenters. The SMILES string of the molecule is CC1CCCCN1C(=O)CN(CCO)C1CCc2ccccc21. The first kappa shape index (κ1) is 16.5. The van der Waals surface area contributed by atoms with E-state index in [0.717, 1.165) is 32.2 Å². The van der Waals surface area contributed by atoms with Crippen LogP contribution in [0.4, 0.5) is 0 Å². The molecular weight excluding hydrogens is 288 g/mol. The molecule has 1 fully saturated rings. The second kappa shape index (κ2) is 7.45. The first-order valence-electron chi connectivity index (χ1n) is 8.93. The molecule has 23 heavy (non-hydrogen) atoms. The summed E-state index contributed by atoms with van der Waals surface area (Å²) in [4.78, 5) is 17.0. The van der Waals surface area contributed by atoms with Gasteiger partial charge in [0.05, 0.1) is 13.2 Å². The van der Waals surface area contributed by atoms with Crippen LogP contribution in [0.15, 0.2) is 24.3 Å². The van der Waals surface area contributed by atoms with Crippen LogP contribution in [-0.2, 0) is 11.2 Å². The summed E-state index contributed by atoms with van der Waals surface area (Å²) in [5.74, 6) is 0.218. The number of carbonyl (C=O) groups is 1. The maximum absolute atomic E-state index is 12.8. The van der Waals surface area contributed by atoms with Crippen LogP contribution >= 0.6 is 0 Å². The maximum Gasteiger partial charge on any atom is 0.237 e. The van der Waals surface area contributed by atoms with Crippen molar-refractivity contribution in [1.82, 2.24) is 9.80 Å². The lowest BCUT2D eigenvalue weighted by Crippen LogP contribution is -2.47. The molecule has 0 saturated carbocycles. The van der Waals surface area contributed by atoms with Crippen molar-refractivity contribution in [2.75, 3.05) is 26.2 Å². The Balaban J connectivity index is 1.71. The summed E-state index contributed by atoms with van der Waals surface area (Å²) in [5.41, 5.74) is 2.72. The molecule has 0 bridgehead atoms. The Kier molecular flexibility index (Phi) is 5.34. The molecular formula is C19H28N2O2. The van der Waals surface area contributed by atoms with Gasteiger partial charge >= 0.3 is 0 Å². The Morgan fingerprint density at radius 3 is 2.91 bits per heavy atom. The van der Waals surface area contributed by atoms with Crippen molar-refractivity contribution < 1.29 is 9.90 Å². The summed E-state index contributed by atoms with van der Waals surface area (Å²) >= 11 is 0. The Bertz CT molecular complexity index is 546. The fourth-order valence-corrected chi connectivity index (χ4v) is 4.12. The van der Waals surface area contributed by atoms with Gasteiger partial charge in [0.25, 0.3) is 0 Å². The van der Waals surface area contributed by atoms with E-state index in [2.05, 4.69) is 36.1 Å². The zero-order chi connectivity index (χ0) is 16.2. The van der Waals surface area contributed by atoms with Crippen molar-refractivity contribution in [1.29, 1.82) is 0 Å². The summed E-state index contributed by atoms with van der Waals surface area (Å²) in [5, 5.41) is 9.45. The Morgan fingerprint density at radius 2 is 2.13 bits per heavy atom. The highest BCUT2D eigenvalue weighted by molar-refractivity contribution is 5.78. The number of benzene rings is 1. The number of hydrogen-bond donors (Lipinski definition) is 1. The van der Waals surface area contributed by atoms with E-state index in [9.17, 15) is 9.90 Å². The van der Waals surface area contributed by atoms with Crippen LogP contribution < -0.4 is 0 Å². The molecule has 0 spiro atoms. The third-order valence-corrected chi connectivity index (χ3v) is 5.39. The Morgan fingerprint density at radius 1 is 1.30 bits per heavy atom. The molecule has 126 valence electrons. The Labute approximate surface area is 139 Å². The predicted molar refractivity (Wildman–Crippen MR) is 91.2 cm³/mol. The molecule has 1 aromatic rings. The number of amides is 1. The monoisotopic (exact) mass is 316 g/mol. The van der Waals surface area contributed by atoms with Crippen molar-refractivity contribution in [3.8, 4) is 0 Å². The number of hydrogen-bond acceptors (Lipinski definition) is 3. The van der Waals surface area contributed by atoms with Crippen molar-refractivity contribution in [2.45, 2.75) is 51.1 Å². The first-order valence-corrected chi connectivity index (χ1v) is 8.93. The van der Waals surface area contributed by atoms with E-state index >= 15 is 0 Å². The van der Waals surface area contributed by atoms with E-state index in [1.165, 1.54) is 17.5 Å². The fourth-order valence-electron chi connectivity index (χ4n) is 4.12. The summed E-state index contributed by atoms with van der Waals surface area (Å²) < 4.78 is 0. The van der Waals surface area contributed by atoms with Crippen LogP contribution in [-0.4, -0.2) is 53.1 Å². The van der Waals surface area contributed by atoms with Crippen LogP contribution in [0.2, 0.25) is 0 Å². The number of carbonyl (C=O) groups excluding carboxylic acids is 1. The zero-order valence-electron chi connectivity index (χ0n) is 14.1. The van der Waals surface area contributed by atoms with Gasteiger partial charge in [-0.3, -0.25) is 9.69 Å². The minimum absolute atomic E-state index is 0.0987.